The number of amides is 1. The van der Waals surface area contributed by atoms with Crippen molar-refractivity contribution >= 4 is 52.2 Å². The summed E-state index contributed by atoms with van der Waals surface area (Å²) in [5, 5.41) is 3.67. The number of esters is 1. The Hall–Kier alpha value is -3.29. The SMILES string of the molecule is COC(=O)c1ccc(Cl)c(-c2ccc(/C=C3/SC(=Nc4ccccc4)NC3=O)o2)c1. The molecule has 4 rings (SSSR count). The third-order valence-electron chi connectivity index (χ3n) is 4.19. The van der Waals surface area contributed by atoms with Crippen molar-refractivity contribution in [1.29, 1.82) is 0 Å². The number of ether oxygens (including phenoxy) is 1. The smallest absolute Gasteiger partial charge is 0.337 e. The molecule has 150 valence electrons. The summed E-state index contributed by atoms with van der Waals surface area (Å²) in [5.41, 5.74) is 1.67. The van der Waals surface area contributed by atoms with E-state index >= 15 is 0 Å². The Balaban J connectivity index is 1.58. The van der Waals surface area contributed by atoms with Gasteiger partial charge in [0.05, 0.1) is 28.3 Å². The first kappa shape index (κ1) is 20.0. The van der Waals surface area contributed by atoms with Gasteiger partial charge in [-0.25, -0.2) is 9.79 Å². The van der Waals surface area contributed by atoms with Gasteiger partial charge in [-0.05, 0) is 54.2 Å². The summed E-state index contributed by atoms with van der Waals surface area (Å²) >= 11 is 7.50. The molecule has 30 heavy (non-hydrogen) atoms. The predicted molar refractivity (Wildman–Crippen MR) is 118 cm³/mol. The molecule has 1 fully saturated rings. The lowest BCUT2D eigenvalue weighted by Gasteiger charge is -2.04. The van der Waals surface area contributed by atoms with E-state index in [1.54, 1.807) is 36.4 Å². The summed E-state index contributed by atoms with van der Waals surface area (Å²) in [6.45, 7) is 0. The Morgan fingerprint density at radius 1 is 1.17 bits per heavy atom. The zero-order valence-corrected chi connectivity index (χ0v) is 17.3. The number of nitrogens with zero attached hydrogens (tertiary/aromatic N) is 1. The Morgan fingerprint density at radius 3 is 2.73 bits per heavy atom. The Labute approximate surface area is 181 Å². The van der Waals surface area contributed by atoms with Crippen LogP contribution in [0.15, 0.2) is 75.0 Å². The van der Waals surface area contributed by atoms with E-state index < -0.39 is 5.97 Å². The summed E-state index contributed by atoms with van der Waals surface area (Å²) in [6.07, 6.45) is 1.63. The second-order valence-electron chi connectivity index (χ2n) is 6.21. The summed E-state index contributed by atoms with van der Waals surface area (Å²) in [5.74, 6) is 0.228. The van der Waals surface area contributed by atoms with Gasteiger partial charge in [-0.2, -0.15) is 0 Å². The van der Waals surface area contributed by atoms with E-state index in [2.05, 4.69) is 10.3 Å². The fourth-order valence-corrected chi connectivity index (χ4v) is 3.80. The molecule has 2 heterocycles. The first-order chi connectivity index (χ1) is 14.5. The Morgan fingerprint density at radius 2 is 1.97 bits per heavy atom. The molecule has 1 saturated heterocycles. The molecular formula is C22H15ClN2O4S. The number of hydrogen-bond acceptors (Lipinski definition) is 6. The molecule has 1 aliphatic rings. The maximum absolute atomic E-state index is 12.3. The van der Waals surface area contributed by atoms with Gasteiger partial charge in [-0.3, -0.25) is 4.79 Å². The standard InChI is InChI=1S/C22H15ClN2O4S/c1-28-21(27)13-7-9-17(23)16(11-13)18-10-8-15(29-18)12-19-20(26)25-22(30-19)24-14-5-3-2-4-6-14/h2-12H,1H3,(H,24,25,26)/b19-12+. The monoisotopic (exact) mass is 438 g/mol. The topological polar surface area (TPSA) is 80.9 Å². The lowest BCUT2D eigenvalue weighted by molar-refractivity contribution is -0.115. The van der Waals surface area contributed by atoms with E-state index in [9.17, 15) is 9.59 Å². The van der Waals surface area contributed by atoms with Crippen molar-refractivity contribution in [1.82, 2.24) is 5.32 Å². The number of thioether (sulfide) groups is 1. The number of para-hydroxylation sites is 1. The van der Waals surface area contributed by atoms with Crippen LogP contribution >= 0.6 is 23.4 Å². The number of methoxy groups -OCH3 is 1. The third-order valence-corrected chi connectivity index (χ3v) is 5.43. The van der Waals surface area contributed by atoms with Crippen LogP contribution in [0.2, 0.25) is 5.02 Å². The molecule has 0 unspecified atom stereocenters. The molecule has 1 aromatic heterocycles. The lowest BCUT2D eigenvalue weighted by atomic mass is 10.1. The third kappa shape index (κ3) is 4.32. The van der Waals surface area contributed by atoms with Crippen molar-refractivity contribution in [2.24, 2.45) is 4.99 Å². The highest BCUT2D eigenvalue weighted by molar-refractivity contribution is 8.18. The van der Waals surface area contributed by atoms with E-state index in [1.165, 1.54) is 18.9 Å². The number of aliphatic imine (C=N–C) groups is 1. The van der Waals surface area contributed by atoms with Gasteiger partial charge >= 0.3 is 5.97 Å². The van der Waals surface area contributed by atoms with Crippen molar-refractivity contribution in [2.45, 2.75) is 0 Å². The van der Waals surface area contributed by atoms with Crippen molar-refractivity contribution in [3.8, 4) is 11.3 Å². The fraction of sp³-hybridized carbons (Fsp3) is 0.0455. The zero-order valence-electron chi connectivity index (χ0n) is 15.7. The number of carbonyl (C=O) groups excluding carboxylic acids is 2. The van der Waals surface area contributed by atoms with Crippen molar-refractivity contribution in [3.05, 3.63) is 81.9 Å². The summed E-state index contributed by atoms with van der Waals surface area (Å²) in [4.78, 5) is 28.9. The summed E-state index contributed by atoms with van der Waals surface area (Å²) < 4.78 is 10.6. The maximum atomic E-state index is 12.3. The highest BCUT2D eigenvalue weighted by atomic mass is 35.5. The molecule has 6 nitrogen and oxygen atoms in total. The molecule has 1 amide bonds. The molecule has 0 spiro atoms. The van der Waals surface area contributed by atoms with Crippen LogP contribution in [0.5, 0.6) is 0 Å². The molecule has 0 saturated carbocycles. The highest BCUT2D eigenvalue weighted by Crippen LogP contribution is 2.33. The van der Waals surface area contributed by atoms with Crippen LogP contribution in [0.1, 0.15) is 16.1 Å². The second kappa shape index (κ2) is 8.61. The second-order valence-corrected chi connectivity index (χ2v) is 7.64. The van der Waals surface area contributed by atoms with Crippen LogP contribution in [0.25, 0.3) is 17.4 Å². The molecule has 2 aromatic carbocycles. The highest BCUT2D eigenvalue weighted by Gasteiger charge is 2.24. The predicted octanol–water partition coefficient (Wildman–Crippen LogP) is 5.28. The van der Waals surface area contributed by atoms with E-state index in [0.717, 1.165) is 5.69 Å². The number of carbonyl (C=O) groups is 2. The average molecular weight is 439 g/mol. The van der Waals surface area contributed by atoms with Gasteiger partial charge in [0.15, 0.2) is 5.17 Å². The van der Waals surface area contributed by atoms with E-state index in [-0.39, 0.29) is 5.91 Å². The molecular weight excluding hydrogens is 424 g/mol. The zero-order chi connectivity index (χ0) is 21.1. The normalized spacial score (nSPS) is 16.1. The van der Waals surface area contributed by atoms with Crippen LogP contribution in [-0.2, 0) is 9.53 Å². The van der Waals surface area contributed by atoms with Crippen LogP contribution in [0.4, 0.5) is 5.69 Å². The minimum absolute atomic E-state index is 0.252. The van der Waals surface area contributed by atoms with Gasteiger partial charge < -0.3 is 14.5 Å². The molecule has 1 aliphatic heterocycles. The van der Waals surface area contributed by atoms with Gasteiger partial charge in [-0.1, -0.05) is 29.8 Å². The molecule has 0 aliphatic carbocycles. The molecule has 0 radical (unpaired) electrons. The number of rotatable bonds is 4. The Kier molecular flexibility index (Phi) is 5.74. The van der Waals surface area contributed by atoms with E-state index in [4.69, 9.17) is 20.8 Å². The Bertz CT molecular complexity index is 1180. The quantitative estimate of drug-likeness (QED) is 0.443. The van der Waals surface area contributed by atoms with Crippen molar-refractivity contribution in [3.63, 3.8) is 0 Å². The molecule has 0 atom stereocenters. The molecule has 0 bridgehead atoms. The number of halogens is 1. The number of amidine groups is 1. The van der Waals surface area contributed by atoms with Crippen LogP contribution in [0, 0.1) is 0 Å². The number of nitrogens with one attached hydrogen (secondary N) is 1. The number of benzene rings is 2. The summed E-state index contributed by atoms with van der Waals surface area (Å²) in [6, 6.07) is 17.6. The molecule has 8 heteroatoms. The first-order valence-electron chi connectivity index (χ1n) is 8.86. The maximum Gasteiger partial charge on any atom is 0.337 e. The molecule has 1 N–H and O–H groups in total. The largest absolute Gasteiger partial charge is 0.465 e. The average Bonchev–Trinajstić information content (AvgIpc) is 3.35. The van der Waals surface area contributed by atoms with Gasteiger partial charge in [0.1, 0.15) is 11.5 Å². The van der Waals surface area contributed by atoms with Gasteiger partial charge in [0.2, 0.25) is 0 Å². The van der Waals surface area contributed by atoms with E-state index in [0.29, 0.717) is 37.7 Å². The van der Waals surface area contributed by atoms with Crippen LogP contribution in [-0.4, -0.2) is 24.2 Å². The number of furan rings is 1. The van der Waals surface area contributed by atoms with Gasteiger partial charge in [0, 0.05) is 11.6 Å². The van der Waals surface area contributed by atoms with Crippen molar-refractivity contribution < 1.29 is 18.7 Å². The van der Waals surface area contributed by atoms with Crippen LogP contribution in [0.3, 0.4) is 0 Å². The number of hydrogen-bond donors (Lipinski definition) is 1. The lowest BCUT2D eigenvalue weighted by Crippen LogP contribution is -2.19. The minimum atomic E-state index is -0.467. The van der Waals surface area contributed by atoms with Gasteiger partial charge in [-0.15, -0.1) is 0 Å². The van der Waals surface area contributed by atoms with E-state index in [1.807, 2.05) is 30.3 Å². The first-order valence-corrected chi connectivity index (χ1v) is 10.1. The van der Waals surface area contributed by atoms with Crippen LogP contribution < -0.4 is 5.32 Å². The fourth-order valence-electron chi connectivity index (χ4n) is 2.76. The molecule has 3 aromatic rings. The van der Waals surface area contributed by atoms with Crippen molar-refractivity contribution in [2.75, 3.05) is 7.11 Å². The van der Waals surface area contributed by atoms with Gasteiger partial charge in [0.25, 0.3) is 5.91 Å². The minimum Gasteiger partial charge on any atom is -0.465 e. The summed E-state index contributed by atoms with van der Waals surface area (Å²) in [7, 11) is 1.31.